The maximum absolute atomic E-state index is 12.2. The van der Waals surface area contributed by atoms with Crippen LogP contribution in [-0.2, 0) is 4.79 Å². The molecule has 0 bridgehead atoms. The van der Waals surface area contributed by atoms with Crippen LogP contribution in [0.1, 0.15) is 43.0 Å². The average Bonchev–Trinajstić information content (AvgIpc) is 2.42. The summed E-state index contributed by atoms with van der Waals surface area (Å²) in [5, 5.41) is 12.2. The van der Waals surface area contributed by atoms with Gasteiger partial charge < -0.3 is 10.4 Å². The molecule has 5 heteroatoms. The molecule has 19 heavy (non-hydrogen) atoms. The standard InChI is InChI=1S/C14H18N2O3/c1-10-5-2-3-7-14(10,13(18)19)16-12(17)11-6-4-8-15-9-11/h4,6,8-10H,2-3,5,7H2,1H3,(H,16,17)(H,18,19). The highest BCUT2D eigenvalue weighted by Gasteiger charge is 2.46. The predicted molar refractivity (Wildman–Crippen MR) is 69.7 cm³/mol. The largest absolute Gasteiger partial charge is 0.479 e. The Bertz CT molecular complexity index is 475. The maximum atomic E-state index is 12.2. The van der Waals surface area contributed by atoms with Gasteiger partial charge in [-0.3, -0.25) is 9.78 Å². The highest BCUT2D eigenvalue weighted by atomic mass is 16.4. The quantitative estimate of drug-likeness (QED) is 0.871. The van der Waals surface area contributed by atoms with Gasteiger partial charge in [0.1, 0.15) is 5.54 Å². The molecule has 2 unspecified atom stereocenters. The first-order chi connectivity index (χ1) is 9.06. The number of hydrogen-bond acceptors (Lipinski definition) is 3. The van der Waals surface area contributed by atoms with Crippen LogP contribution in [0.25, 0.3) is 0 Å². The molecule has 1 saturated carbocycles. The van der Waals surface area contributed by atoms with E-state index in [0.717, 1.165) is 19.3 Å². The molecule has 1 heterocycles. The summed E-state index contributed by atoms with van der Waals surface area (Å²) in [5.41, 5.74) is -0.758. The Morgan fingerprint density at radius 1 is 1.47 bits per heavy atom. The number of carboxylic acid groups (broad SMARTS) is 1. The second-order valence-corrected chi connectivity index (χ2v) is 5.12. The number of amides is 1. The van der Waals surface area contributed by atoms with Crippen LogP contribution in [0, 0.1) is 5.92 Å². The van der Waals surface area contributed by atoms with Gasteiger partial charge in [-0.1, -0.05) is 19.8 Å². The maximum Gasteiger partial charge on any atom is 0.329 e. The summed E-state index contributed by atoms with van der Waals surface area (Å²) in [6.45, 7) is 1.89. The van der Waals surface area contributed by atoms with Crippen molar-refractivity contribution >= 4 is 11.9 Å². The lowest BCUT2D eigenvalue weighted by Crippen LogP contribution is -2.60. The van der Waals surface area contributed by atoms with E-state index in [0.29, 0.717) is 12.0 Å². The fraction of sp³-hybridized carbons (Fsp3) is 0.500. The number of carbonyl (C=O) groups is 2. The third-order valence-corrected chi connectivity index (χ3v) is 3.94. The Morgan fingerprint density at radius 2 is 2.26 bits per heavy atom. The lowest BCUT2D eigenvalue weighted by molar-refractivity contribution is -0.148. The number of hydrogen-bond donors (Lipinski definition) is 2. The molecule has 2 atom stereocenters. The fourth-order valence-corrected chi connectivity index (χ4v) is 2.68. The van der Waals surface area contributed by atoms with Gasteiger partial charge >= 0.3 is 5.97 Å². The Morgan fingerprint density at radius 3 is 2.84 bits per heavy atom. The number of aromatic nitrogens is 1. The molecule has 1 aromatic heterocycles. The van der Waals surface area contributed by atoms with Crippen molar-refractivity contribution in [2.45, 2.75) is 38.1 Å². The van der Waals surface area contributed by atoms with Gasteiger partial charge in [-0.05, 0) is 30.9 Å². The zero-order chi connectivity index (χ0) is 13.9. The third-order valence-electron chi connectivity index (χ3n) is 3.94. The topological polar surface area (TPSA) is 79.3 Å². The van der Waals surface area contributed by atoms with Gasteiger partial charge in [0.15, 0.2) is 0 Å². The summed E-state index contributed by atoms with van der Waals surface area (Å²) in [6.07, 6.45) is 6.16. The molecule has 0 aromatic carbocycles. The molecule has 0 radical (unpaired) electrons. The van der Waals surface area contributed by atoms with Crippen LogP contribution in [0.2, 0.25) is 0 Å². The zero-order valence-electron chi connectivity index (χ0n) is 10.9. The molecule has 2 N–H and O–H groups in total. The van der Waals surface area contributed by atoms with Crippen LogP contribution in [0.3, 0.4) is 0 Å². The molecular weight excluding hydrogens is 244 g/mol. The Hall–Kier alpha value is -1.91. The number of rotatable bonds is 3. The minimum Gasteiger partial charge on any atom is -0.479 e. The van der Waals surface area contributed by atoms with Crippen molar-refractivity contribution in [2.24, 2.45) is 5.92 Å². The Balaban J connectivity index is 2.22. The Labute approximate surface area is 112 Å². The van der Waals surface area contributed by atoms with Gasteiger partial charge in [-0.25, -0.2) is 4.79 Å². The van der Waals surface area contributed by atoms with Crippen LogP contribution in [0.5, 0.6) is 0 Å². The minimum absolute atomic E-state index is 0.0700. The molecule has 0 aliphatic heterocycles. The molecule has 0 spiro atoms. The zero-order valence-corrected chi connectivity index (χ0v) is 10.9. The van der Waals surface area contributed by atoms with Crippen molar-refractivity contribution in [2.75, 3.05) is 0 Å². The van der Waals surface area contributed by atoms with E-state index in [1.165, 1.54) is 6.20 Å². The molecule has 1 aromatic rings. The van der Waals surface area contributed by atoms with Crippen molar-refractivity contribution in [1.29, 1.82) is 0 Å². The molecule has 1 aliphatic carbocycles. The van der Waals surface area contributed by atoms with Crippen LogP contribution in [-0.4, -0.2) is 27.5 Å². The predicted octanol–water partition coefficient (Wildman–Crippen LogP) is 1.84. The highest BCUT2D eigenvalue weighted by molar-refractivity contribution is 5.97. The monoisotopic (exact) mass is 262 g/mol. The van der Waals surface area contributed by atoms with Gasteiger partial charge in [0, 0.05) is 12.4 Å². The first kappa shape index (κ1) is 13.5. The summed E-state index contributed by atoms with van der Waals surface area (Å²) >= 11 is 0. The minimum atomic E-state index is -1.15. The van der Waals surface area contributed by atoms with Crippen LogP contribution < -0.4 is 5.32 Å². The molecule has 2 rings (SSSR count). The second-order valence-electron chi connectivity index (χ2n) is 5.12. The van der Waals surface area contributed by atoms with Crippen LogP contribution in [0.4, 0.5) is 0 Å². The van der Waals surface area contributed by atoms with E-state index in [1.807, 2.05) is 6.92 Å². The number of carboxylic acids is 1. The highest BCUT2D eigenvalue weighted by Crippen LogP contribution is 2.34. The summed E-state index contributed by atoms with van der Waals surface area (Å²) < 4.78 is 0. The lowest BCUT2D eigenvalue weighted by atomic mass is 9.73. The van der Waals surface area contributed by atoms with Crippen molar-refractivity contribution in [1.82, 2.24) is 10.3 Å². The van der Waals surface area contributed by atoms with Gasteiger partial charge in [0.2, 0.25) is 0 Å². The van der Waals surface area contributed by atoms with E-state index in [4.69, 9.17) is 0 Å². The summed E-state index contributed by atoms with van der Waals surface area (Å²) in [7, 11) is 0. The SMILES string of the molecule is CC1CCCCC1(NC(=O)c1cccnc1)C(=O)O. The van der Waals surface area contributed by atoms with Crippen molar-refractivity contribution in [3.63, 3.8) is 0 Å². The van der Waals surface area contributed by atoms with E-state index in [2.05, 4.69) is 10.3 Å². The molecule has 0 saturated heterocycles. The summed E-state index contributed by atoms with van der Waals surface area (Å²) in [4.78, 5) is 27.7. The smallest absolute Gasteiger partial charge is 0.329 e. The second kappa shape index (κ2) is 5.38. The number of nitrogens with zero attached hydrogens (tertiary/aromatic N) is 1. The van der Waals surface area contributed by atoms with Crippen molar-refractivity contribution in [3.05, 3.63) is 30.1 Å². The average molecular weight is 262 g/mol. The third kappa shape index (κ3) is 2.59. The van der Waals surface area contributed by atoms with Gasteiger partial charge in [0.05, 0.1) is 5.56 Å². The van der Waals surface area contributed by atoms with Crippen molar-refractivity contribution < 1.29 is 14.7 Å². The number of nitrogens with one attached hydrogen (secondary N) is 1. The summed E-state index contributed by atoms with van der Waals surface area (Å²) in [6, 6.07) is 3.29. The van der Waals surface area contributed by atoms with Gasteiger partial charge in [0.25, 0.3) is 5.91 Å². The van der Waals surface area contributed by atoms with Crippen LogP contribution >= 0.6 is 0 Å². The van der Waals surface area contributed by atoms with E-state index in [1.54, 1.807) is 18.3 Å². The normalized spacial score (nSPS) is 26.7. The molecule has 1 amide bonds. The number of pyridine rings is 1. The first-order valence-electron chi connectivity index (χ1n) is 6.52. The molecule has 102 valence electrons. The van der Waals surface area contributed by atoms with Gasteiger partial charge in [-0.2, -0.15) is 0 Å². The Kier molecular flexibility index (Phi) is 3.83. The summed E-state index contributed by atoms with van der Waals surface area (Å²) in [5.74, 6) is -1.39. The number of aliphatic carboxylic acids is 1. The van der Waals surface area contributed by atoms with Crippen molar-refractivity contribution in [3.8, 4) is 0 Å². The molecule has 1 aliphatic rings. The molecule has 1 fully saturated rings. The van der Waals surface area contributed by atoms with E-state index in [9.17, 15) is 14.7 Å². The fourth-order valence-electron chi connectivity index (χ4n) is 2.68. The molecular formula is C14H18N2O3. The number of carbonyl (C=O) groups excluding carboxylic acids is 1. The van der Waals surface area contributed by atoms with Crippen LogP contribution in [0.15, 0.2) is 24.5 Å². The van der Waals surface area contributed by atoms with E-state index in [-0.39, 0.29) is 11.8 Å². The van der Waals surface area contributed by atoms with E-state index >= 15 is 0 Å². The van der Waals surface area contributed by atoms with E-state index < -0.39 is 11.5 Å². The first-order valence-corrected chi connectivity index (χ1v) is 6.52. The molecule has 5 nitrogen and oxygen atoms in total. The van der Waals surface area contributed by atoms with Gasteiger partial charge in [-0.15, -0.1) is 0 Å². The lowest BCUT2D eigenvalue weighted by Gasteiger charge is -2.39.